The lowest BCUT2D eigenvalue weighted by Gasteiger charge is -2.43. The molecule has 0 spiro atoms. The van der Waals surface area contributed by atoms with E-state index in [1.807, 2.05) is 24.3 Å². The summed E-state index contributed by atoms with van der Waals surface area (Å²) in [5.74, 6) is 0. The average molecular weight is 233 g/mol. The highest BCUT2D eigenvalue weighted by Gasteiger charge is 2.57. The number of quaternary nitrogens is 1. The van der Waals surface area contributed by atoms with Crippen LogP contribution in [-0.4, -0.2) is 50.7 Å². The zero-order valence-corrected chi connectivity index (χ0v) is 9.96. The summed E-state index contributed by atoms with van der Waals surface area (Å²) in [4.78, 5) is 10.7. The van der Waals surface area contributed by atoms with Crippen LogP contribution in [0.2, 0.25) is 0 Å². The van der Waals surface area contributed by atoms with Crippen LogP contribution in [-0.2, 0) is 9.31 Å². The molecule has 2 heterocycles. The minimum atomic E-state index is -1.40. The molecule has 0 unspecified atom stereocenters. The number of carbonyl (C=O) groups excluding carboxylic acids is 1. The first-order valence-corrected chi connectivity index (χ1v) is 6.02. The number of rotatable bonds is 2. The molecule has 0 amide bonds. The van der Waals surface area contributed by atoms with Crippen molar-refractivity contribution in [3.8, 4) is 0 Å². The Labute approximate surface area is 101 Å². The fraction of sp³-hybridized carbons (Fsp3) is 0.417. The van der Waals surface area contributed by atoms with Gasteiger partial charge in [0.2, 0.25) is 0 Å². The number of benzene rings is 1. The summed E-state index contributed by atoms with van der Waals surface area (Å²) in [5, 5.41) is 0. The van der Waals surface area contributed by atoms with Crippen LogP contribution in [0.5, 0.6) is 0 Å². The third-order valence-corrected chi connectivity index (χ3v) is 4.21. The maximum Gasteiger partial charge on any atom is 0.502 e. The first kappa shape index (κ1) is 11.0. The van der Waals surface area contributed by atoms with Crippen molar-refractivity contribution in [2.45, 2.75) is 0 Å². The fourth-order valence-electron chi connectivity index (χ4n) is 3.07. The van der Waals surface area contributed by atoms with Crippen molar-refractivity contribution >= 4 is 18.4 Å². The molecule has 0 aromatic heterocycles. The van der Waals surface area contributed by atoms with E-state index < -0.39 is 6.69 Å². The van der Waals surface area contributed by atoms with Crippen LogP contribution in [0.15, 0.2) is 24.3 Å². The molecule has 1 aromatic rings. The molecule has 0 N–H and O–H groups in total. The molecule has 2 fully saturated rings. The molecule has 4 nitrogen and oxygen atoms in total. The molecule has 0 saturated carbocycles. The van der Waals surface area contributed by atoms with Gasteiger partial charge in [0.15, 0.2) is 0 Å². The second-order valence-electron chi connectivity index (χ2n) is 5.12. The zero-order valence-electron chi connectivity index (χ0n) is 9.96. The van der Waals surface area contributed by atoms with Gasteiger partial charge in [-0.3, -0.25) is 4.79 Å². The number of likely N-dealkylation sites (N-methyl/N-ethyl adjacent to an activating group) is 1. The second kappa shape index (κ2) is 3.66. The lowest BCUT2D eigenvalue weighted by Crippen LogP contribution is -2.67. The van der Waals surface area contributed by atoms with Gasteiger partial charge >= 0.3 is 6.69 Å². The quantitative estimate of drug-likeness (QED) is 0.539. The molecule has 0 bridgehead atoms. The van der Waals surface area contributed by atoms with Crippen LogP contribution in [0.4, 0.5) is 0 Å². The predicted molar refractivity (Wildman–Crippen MR) is 65.0 cm³/mol. The minimum Gasteiger partial charge on any atom is -0.505 e. The highest BCUT2D eigenvalue weighted by atomic mass is 16.6. The molecule has 3 rings (SSSR count). The Morgan fingerprint density at radius 1 is 1.18 bits per heavy atom. The van der Waals surface area contributed by atoms with E-state index in [1.165, 1.54) is 0 Å². The number of hydrogen-bond acceptors (Lipinski definition) is 3. The molecule has 0 aliphatic carbocycles. The van der Waals surface area contributed by atoms with Gasteiger partial charge in [-0.15, -0.1) is 0 Å². The van der Waals surface area contributed by atoms with Crippen LogP contribution >= 0.6 is 0 Å². The molecule has 0 atom stereocenters. The average Bonchev–Trinajstić information content (AvgIpc) is 2.83. The Morgan fingerprint density at radius 3 is 2.29 bits per heavy atom. The van der Waals surface area contributed by atoms with Gasteiger partial charge in [0.05, 0.1) is 26.3 Å². The van der Waals surface area contributed by atoms with Crippen molar-refractivity contribution in [3.05, 3.63) is 29.8 Å². The fourth-order valence-corrected chi connectivity index (χ4v) is 3.07. The maximum atomic E-state index is 10.7. The molecule has 2 aliphatic rings. The van der Waals surface area contributed by atoms with Gasteiger partial charge in [-0.1, -0.05) is 29.7 Å². The van der Waals surface area contributed by atoms with E-state index in [0.29, 0.717) is 5.56 Å². The number of hydrogen-bond donors (Lipinski definition) is 0. The Hall–Kier alpha value is -1.17. The van der Waals surface area contributed by atoms with E-state index in [-0.39, 0.29) is 0 Å². The smallest absolute Gasteiger partial charge is 0.502 e. The topological polar surface area (TPSA) is 35.5 Å². The van der Waals surface area contributed by atoms with Gasteiger partial charge in [0, 0.05) is 12.6 Å². The molecule has 90 valence electrons. The summed E-state index contributed by atoms with van der Waals surface area (Å²) in [7, 11) is 2.19. The van der Waals surface area contributed by atoms with Gasteiger partial charge < -0.3 is 13.7 Å². The van der Waals surface area contributed by atoms with Gasteiger partial charge in [-0.2, -0.15) is 0 Å². The molecule has 5 heteroatoms. The van der Waals surface area contributed by atoms with Crippen LogP contribution in [0.3, 0.4) is 0 Å². The van der Waals surface area contributed by atoms with Crippen LogP contribution < -0.4 is 5.46 Å². The second-order valence-corrected chi connectivity index (χ2v) is 5.12. The molecular weight excluding hydrogens is 217 g/mol. The Balaban J connectivity index is 2.04. The minimum absolute atomic E-state index is 0.686. The molecule has 1 aromatic carbocycles. The van der Waals surface area contributed by atoms with Crippen molar-refractivity contribution in [2.24, 2.45) is 0 Å². The van der Waals surface area contributed by atoms with Crippen molar-refractivity contribution in [1.82, 2.24) is 0 Å². The zero-order chi connectivity index (χ0) is 11.9. The molecule has 0 radical (unpaired) electrons. The summed E-state index contributed by atoms with van der Waals surface area (Å²) in [5.41, 5.74) is 1.75. The monoisotopic (exact) mass is 233 g/mol. The highest BCUT2D eigenvalue weighted by Crippen LogP contribution is 2.31. The summed E-state index contributed by atoms with van der Waals surface area (Å²) < 4.78 is 12.7. The Kier molecular flexibility index (Phi) is 2.36. The summed E-state index contributed by atoms with van der Waals surface area (Å²) >= 11 is 0. The number of nitrogens with zero attached hydrogens (tertiary/aromatic N) is 1. The molecule has 17 heavy (non-hydrogen) atoms. The summed E-state index contributed by atoms with van der Waals surface area (Å²) in [6, 6.07) is 7.56. The summed E-state index contributed by atoms with van der Waals surface area (Å²) in [6.45, 7) is 2.08. The number of fused-ring (bicyclic) bond motifs is 1. The predicted octanol–water partition coefficient (Wildman–Crippen LogP) is 0.152. The highest BCUT2D eigenvalue weighted by molar-refractivity contribution is 6.75. The van der Waals surface area contributed by atoms with E-state index in [9.17, 15) is 4.79 Å². The SMILES string of the molecule is C[N+]12CCO[B-]1(c1ccc(C=O)cc1)OCC2. The lowest BCUT2D eigenvalue weighted by atomic mass is 9.61. The Bertz CT molecular complexity index is 436. The van der Waals surface area contributed by atoms with Crippen molar-refractivity contribution < 1.29 is 18.5 Å². The van der Waals surface area contributed by atoms with Crippen LogP contribution in [0.1, 0.15) is 10.4 Å². The van der Waals surface area contributed by atoms with E-state index in [4.69, 9.17) is 9.31 Å². The third kappa shape index (κ3) is 1.40. The van der Waals surface area contributed by atoms with Gasteiger partial charge in [-0.05, 0) is 0 Å². The number of carbonyl (C=O) groups is 1. The standard InChI is InChI=1S/C12H16BNO3/c1-14-6-8-16-13(14,17-9-7-14)12-4-2-11(10-15)3-5-12/h2-5,10H,6-9H2,1H3. The third-order valence-electron chi connectivity index (χ3n) is 4.21. The lowest BCUT2D eigenvalue weighted by molar-refractivity contribution is -0.798. The Morgan fingerprint density at radius 2 is 1.76 bits per heavy atom. The molecule has 2 saturated heterocycles. The van der Waals surface area contributed by atoms with E-state index >= 15 is 0 Å². The van der Waals surface area contributed by atoms with Crippen LogP contribution in [0.25, 0.3) is 0 Å². The van der Waals surface area contributed by atoms with E-state index in [0.717, 1.165) is 42.4 Å². The van der Waals surface area contributed by atoms with Crippen molar-refractivity contribution in [3.63, 3.8) is 0 Å². The van der Waals surface area contributed by atoms with Crippen molar-refractivity contribution in [1.29, 1.82) is 0 Å². The first-order chi connectivity index (χ1) is 8.20. The van der Waals surface area contributed by atoms with E-state index in [2.05, 4.69) is 7.05 Å². The number of aldehydes is 1. The van der Waals surface area contributed by atoms with Gasteiger partial charge in [-0.25, -0.2) is 0 Å². The molecule has 2 aliphatic heterocycles. The van der Waals surface area contributed by atoms with Gasteiger partial charge in [0.1, 0.15) is 6.29 Å². The van der Waals surface area contributed by atoms with E-state index in [1.54, 1.807) is 0 Å². The first-order valence-electron chi connectivity index (χ1n) is 6.02. The largest absolute Gasteiger partial charge is 0.505 e. The van der Waals surface area contributed by atoms with Crippen LogP contribution in [0, 0.1) is 0 Å². The van der Waals surface area contributed by atoms with Gasteiger partial charge in [0.25, 0.3) is 0 Å². The summed E-state index contributed by atoms with van der Waals surface area (Å²) in [6.07, 6.45) is 0.855. The molecular formula is C12H16BNO3. The maximum absolute atomic E-state index is 10.7. The normalized spacial score (nSPS) is 35.8. The van der Waals surface area contributed by atoms with Crippen molar-refractivity contribution in [2.75, 3.05) is 33.4 Å².